The number of hydrogen-bond donors (Lipinski definition) is 2. The summed E-state index contributed by atoms with van der Waals surface area (Å²) in [5.41, 5.74) is 8.57. The van der Waals surface area contributed by atoms with Gasteiger partial charge in [0.15, 0.2) is 0 Å². The summed E-state index contributed by atoms with van der Waals surface area (Å²) < 4.78 is 0. The largest absolute Gasteiger partial charge is 0.368 e. The maximum absolute atomic E-state index is 12.0. The van der Waals surface area contributed by atoms with E-state index in [4.69, 9.17) is 5.73 Å². The predicted molar refractivity (Wildman–Crippen MR) is 103 cm³/mol. The summed E-state index contributed by atoms with van der Waals surface area (Å²) in [7, 11) is 0. The van der Waals surface area contributed by atoms with Crippen molar-refractivity contribution in [3.05, 3.63) is 60.2 Å². The van der Waals surface area contributed by atoms with Crippen LogP contribution in [-0.4, -0.2) is 42.4 Å². The molecule has 2 amide bonds. The SMILES string of the molecule is CC(=O)Nc1cccc(N2CCN(Cc3ccccc3)C(C(N)=O)C2)c1. The van der Waals surface area contributed by atoms with E-state index in [1.165, 1.54) is 12.5 Å². The maximum Gasteiger partial charge on any atom is 0.236 e. The van der Waals surface area contributed by atoms with Crippen molar-refractivity contribution in [2.45, 2.75) is 19.5 Å². The van der Waals surface area contributed by atoms with Gasteiger partial charge >= 0.3 is 0 Å². The van der Waals surface area contributed by atoms with Gasteiger partial charge in [0.1, 0.15) is 6.04 Å². The zero-order valence-electron chi connectivity index (χ0n) is 14.9. The van der Waals surface area contributed by atoms with Gasteiger partial charge in [0.2, 0.25) is 11.8 Å². The summed E-state index contributed by atoms with van der Waals surface area (Å²) >= 11 is 0. The molecular weight excluding hydrogens is 328 g/mol. The highest BCUT2D eigenvalue weighted by Crippen LogP contribution is 2.23. The van der Waals surface area contributed by atoms with Crippen LogP contribution in [0.15, 0.2) is 54.6 Å². The molecule has 0 bridgehead atoms. The molecule has 2 aromatic rings. The second-order valence-electron chi connectivity index (χ2n) is 6.55. The van der Waals surface area contributed by atoms with Crippen molar-refractivity contribution in [2.75, 3.05) is 29.9 Å². The Morgan fingerprint density at radius 2 is 1.88 bits per heavy atom. The van der Waals surface area contributed by atoms with E-state index in [1.54, 1.807) is 0 Å². The molecule has 2 aromatic carbocycles. The molecule has 6 nitrogen and oxygen atoms in total. The number of nitrogens with zero attached hydrogens (tertiary/aromatic N) is 2. The molecule has 1 heterocycles. The highest BCUT2D eigenvalue weighted by Gasteiger charge is 2.31. The Balaban J connectivity index is 1.73. The monoisotopic (exact) mass is 352 g/mol. The van der Waals surface area contributed by atoms with Crippen molar-refractivity contribution in [3.8, 4) is 0 Å². The van der Waals surface area contributed by atoms with Crippen LogP contribution in [0.4, 0.5) is 11.4 Å². The average molecular weight is 352 g/mol. The number of amides is 2. The lowest BCUT2D eigenvalue weighted by molar-refractivity contribution is -0.123. The Hall–Kier alpha value is -2.86. The lowest BCUT2D eigenvalue weighted by Gasteiger charge is -2.41. The highest BCUT2D eigenvalue weighted by atomic mass is 16.2. The van der Waals surface area contributed by atoms with Crippen molar-refractivity contribution < 1.29 is 9.59 Å². The number of carbonyl (C=O) groups excluding carboxylic acids is 2. The Labute approximate surface area is 153 Å². The molecule has 1 saturated heterocycles. The molecular formula is C20H24N4O2. The van der Waals surface area contributed by atoms with E-state index < -0.39 is 0 Å². The summed E-state index contributed by atoms with van der Waals surface area (Å²) in [4.78, 5) is 27.6. The standard InChI is InChI=1S/C20H24N4O2/c1-15(25)22-17-8-5-9-18(12-17)23-10-11-24(19(14-23)20(21)26)13-16-6-3-2-4-7-16/h2-9,12,19H,10-11,13-14H2,1H3,(H2,21,26)(H,22,25). The minimum atomic E-state index is -0.353. The molecule has 136 valence electrons. The zero-order chi connectivity index (χ0) is 18.5. The second-order valence-corrected chi connectivity index (χ2v) is 6.55. The van der Waals surface area contributed by atoms with Gasteiger partial charge in [0, 0.05) is 44.5 Å². The van der Waals surface area contributed by atoms with E-state index >= 15 is 0 Å². The summed E-state index contributed by atoms with van der Waals surface area (Å²) in [5, 5.41) is 2.79. The van der Waals surface area contributed by atoms with Gasteiger partial charge in [-0.3, -0.25) is 14.5 Å². The molecule has 6 heteroatoms. The van der Waals surface area contributed by atoms with E-state index in [1.807, 2.05) is 42.5 Å². The second kappa shape index (κ2) is 8.01. The Morgan fingerprint density at radius 3 is 2.58 bits per heavy atom. The van der Waals surface area contributed by atoms with Gasteiger partial charge in [-0.25, -0.2) is 0 Å². The topological polar surface area (TPSA) is 78.7 Å². The first-order chi connectivity index (χ1) is 12.5. The first kappa shape index (κ1) is 17.9. The van der Waals surface area contributed by atoms with Crippen LogP contribution in [0.5, 0.6) is 0 Å². The number of nitrogens with one attached hydrogen (secondary N) is 1. The van der Waals surface area contributed by atoms with Gasteiger partial charge in [-0.15, -0.1) is 0 Å². The van der Waals surface area contributed by atoms with Gasteiger partial charge < -0.3 is 16.0 Å². The lowest BCUT2D eigenvalue weighted by atomic mass is 10.1. The van der Waals surface area contributed by atoms with E-state index in [0.717, 1.165) is 24.5 Å². The Kier molecular flexibility index (Phi) is 5.53. The van der Waals surface area contributed by atoms with Crippen LogP contribution in [0.2, 0.25) is 0 Å². The minimum absolute atomic E-state index is 0.107. The van der Waals surface area contributed by atoms with Gasteiger partial charge in [-0.1, -0.05) is 36.4 Å². The molecule has 26 heavy (non-hydrogen) atoms. The normalized spacial score (nSPS) is 17.7. The fraction of sp³-hybridized carbons (Fsp3) is 0.300. The number of benzene rings is 2. The molecule has 1 fully saturated rings. The molecule has 3 N–H and O–H groups in total. The number of anilines is 2. The molecule has 1 aliphatic heterocycles. The van der Waals surface area contributed by atoms with Crippen LogP contribution in [0.25, 0.3) is 0 Å². The van der Waals surface area contributed by atoms with Gasteiger partial charge in [-0.05, 0) is 23.8 Å². The van der Waals surface area contributed by atoms with E-state index in [0.29, 0.717) is 13.1 Å². The summed E-state index contributed by atoms with van der Waals surface area (Å²) in [5.74, 6) is -0.423. The van der Waals surface area contributed by atoms with E-state index in [9.17, 15) is 9.59 Å². The number of primary amides is 1. The summed E-state index contributed by atoms with van der Waals surface area (Å²) in [6, 6.07) is 17.4. The molecule has 3 rings (SSSR count). The van der Waals surface area contributed by atoms with Crippen molar-refractivity contribution in [3.63, 3.8) is 0 Å². The van der Waals surface area contributed by atoms with Crippen molar-refractivity contribution in [1.82, 2.24) is 4.90 Å². The molecule has 1 unspecified atom stereocenters. The number of nitrogens with two attached hydrogens (primary N) is 1. The molecule has 1 atom stereocenters. The summed E-state index contributed by atoms with van der Waals surface area (Å²) in [6.07, 6.45) is 0. The van der Waals surface area contributed by atoms with Crippen LogP contribution in [0, 0.1) is 0 Å². The van der Waals surface area contributed by atoms with Crippen molar-refractivity contribution in [1.29, 1.82) is 0 Å². The highest BCUT2D eigenvalue weighted by molar-refractivity contribution is 5.89. The van der Waals surface area contributed by atoms with Gasteiger partial charge in [0.25, 0.3) is 0 Å². The maximum atomic E-state index is 12.0. The first-order valence-electron chi connectivity index (χ1n) is 8.73. The minimum Gasteiger partial charge on any atom is -0.368 e. The fourth-order valence-electron chi connectivity index (χ4n) is 3.32. The van der Waals surface area contributed by atoms with Crippen molar-refractivity contribution >= 4 is 23.2 Å². The zero-order valence-corrected chi connectivity index (χ0v) is 14.9. The van der Waals surface area contributed by atoms with Crippen LogP contribution < -0.4 is 16.0 Å². The van der Waals surface area contributed by atoms with Crippen LogP contribution >= 0.6 is 0 Å². The molecule has 1 aliphatic rings. The van der Waals surface area contributed by atoms with Crippen LogP contribution in [0.1, 0.15) is 12.5 Å². The number of piperazine rings is 1. The van der Waals surface area contributed by atoms with E-state index in [2.05, 4.69) is 27.2 Å². The van der Waals surface area contributed by atoms with Gasteiger partial charge in [0.05, 0.1) is 0 Å². The van der Waals surface area contributed by atoms with Gasteiger partial charge in [-0.2, -0.15) is 0 Å². The average Bonchev–Trinajstić information content (AvgIpc) is 2.62. The molecule has 0 aliphatic carbocycles. The lowest BCUT2D eigenvalue weighted by Crippen LogP contribution is -2.57. The number of rotatable bonds is 5. The third kappa shape index (κ3) is 4.40. The molecule has 0 radical (unpaired) electrons. The van der Waals surface area contributed by atoms with Crippen LogP contribution in [0.3, 0.4) is 0 Å². The quantitative estimate of drug-likeness (QED) is 0.860. The van der Waals surface area contributed by atoms with Crippen LogP contribution in [-0.2, 0) is 16.1 Å². The van der Waals surface area contributed by atoms with E-state index in [-0.39, 0.29) is 17.9 Å². The Bertz CT molecular complexity index is 778. The smallest absolute Gasteiger partial charge is 0.236 e. The fourth-order valence-corrected chi connectivity index (χ4v) is 3.32. The molecule has 0 saturated carbocycles. The third-order valence-electron chi connectivity index (χ3n) is 4.58. The first-order valence-corrected chi connectivity index (χ1v) is 8.73. The summed E-state index contributed by atoms with van der Waals surface area (Å²) in [6.45, 7) is 4.26. The molecule has 0 spiro atoms. The third-order valence-corrected chi connectivity index (χ3v) is 4.58. The van der Waals surface area contributed by atoms with Crippen molar-refractivity contribution in [2.24, 2.45) is 5.73 Å². The predicted octanol–water partition coefficient (Wildman–Crippen LogP) is 1.82. The number of hydrogen-bond acceptors (Lipinski definition) is 4. The Morgan fingerprint density at radius 1 is 1.12 bits per heavy atom. The number of carbonyl (C=O) groups is 2. The molecule has 0 aromatic heterocycles.